The summed E-state index contributed by atoms with van der Waals surface area (Å²) in [5.74, 6) is 1.08. The molecule has 0 unspecified atom stereocenters. The van der Waals surface area contributed by atoms with Crippen molar-refractivity contribution in [3.63, 3.8) is 0 Å². The number of nitrogens with one attached hydrogen (secondary N) is 1. The molecule has 0 aliphatic carbocycles. The van der Waals surface area contributed by atoms with Gasteiger partial charge in [-0.05, 0) is 13.0 Å². The molecule has 1 aromatic rings. The van der Waals surface area contributed by atoms with Gasteiger partial charge in [0.05, 0.1) is 13.2 Å². The zero-order valence-electron chi connectivity index (χ0n) is 9.70. The first-order valence-corrected chi connectivity index (χ1v) is 5.59. The Morgan fingerprint density at radius 3 is 2.93 bits per heavy atom. The fourth-order valence-electron chi connectivity index (χ4n) is 1.35. The minimum absolute atomic E-state index is 0.749. The summed E-state index contributed by atoms with van der Waals surface area (Å²) in [6.45, 7) is 5.70. The summed E-state index contributed by atoms with van der Waals surface area (Å²) in [6.07, 6.45) is 5.83. The van der Waals surface area contributed by atoms with Crippen molar-refractivity contribution in [2.24, 2.45) is 7.05 Å². The lowest BCUT2D eigenvalue weighted by atomic mass is 10.4. The molecule has 0 bridgehead atoms. The maximum absolute atomic E-state index is 5.49. The largest absolute Gasteiger partial charge is 0.380 e. The van der Waals surface area contributed by atoms with E-state index in [0.717, 1.165) is 38.5 Å². The Labute approximate surface area is 91.7 Å². The van der Waals surface area contributed by atoms with Gasteiger partial charge in [-0.25, -0.2) is 4.98 Å². The maximum atomic E-state index is 5.49. The lowest BCUT2D eigenvalue weighted by Crippen LogP contribution is -2.21. The Morgan fingerprint density at radius 2 is 2.27 bits per heavy atom. The van der Waals surface area contributed by atoms with Crippen LogP contribution in [0.15, 0.2) is 12.4 Å². The van der Waals surface area contributed by atoms with Crippen molar-refractivity contribution in [3.8, 4) is 0 Å². The molecule has 0 atom stereocenters. The smallest absolute Gasteiger partial charge is 0.110 e. The summed E-state index contributed by atoms with van der Waals surface area (Å²) >= 11 is 0. The predicted molar refractivity (Wildman–Crippen MR) is 60.9 cm³/mol. The van der Waals surface area contributed by atoms with Crippen LogP contribution < -0.4 is 5.32 Å². The van der Waals surface area contributed by atoms with Crippen molar-refractivity contribution in [1.29, 1.82) is 0 Å². The summed E-state index contributed by atoms with van der Waals surface area (Å²) in [5, 5.41) is 3.29. The molecule has 0 aliphatic rings. The molecule has 4 heteroatoms. The lowest BCUT2D eigenvalue weighted by molar-refractivity contribution is 0.137. The molecule has 0 spiro atoms. The quantitative estimate of drug-likeness (QED) is 0.651. The normalized spacial score (nSPS) is 10.8. The molecule has 1 aromatic heterocycles. The molecule has 1 N–H and O–H groups in total. The number of hydrogen-bond donors (Lipinski definition) is 1. The van der Waals surface area contributed by atoms with Crippen molar-refractivity contribution < 1.29 is 4.74 Å². The third-order valence-corrected chi connectivity index (χ3v) is 2.24. The zero-order chi connectivity index (χ0) is 10.9. The molecule has 1 heterocycles. The summed E-state index contributed by atoms with van der Waals surface area (Å²) < 4.78 is 7.52. The second-order valence-electron chi connectivity index (χ2n) is 3.57. The standard InChI is InChI=1S/C11H21N3O/c1-3-5-12-7-10-15-9-4-11-13-6-8-14(11)2/h6,8,12H,3-5,7,9-10H2,1-2H3. The van der Waals surface area contributed by atoms with Crippen LogP contribution in [0.25, 0.3) is 0 Å². The van der Waals surface area contributed by atoms with Crippen molar-refractivity contribution in [2.75, 3.05) is 26.3 Å². The van der Waals surface area contributed by atoms with Gasteiger partial charge in [-0.3, -0.25) is 0 Å². The Hall–Kier alpha value is -0.870. The number of imidazole rings is 1. The van der Waals surface area contributed by atoms with Gasteiger partial charge < -0.3 is 14.6 Å². The van der Waals surface area contributed by atoms with E-state index in [1.54, 1.807) is 0 Å². The highest BCUT2D eigenvalue weighted by Crippen LogP contribution is 1.95. The average molecular weight is 211 g/mol. The number of nitrogens with zero attached hydrogens (tertiary/aromatic N) is 2. The Kier molecular flexibility index (Phi) is 6.04. The second-order valence-corrected chi connectivity index (χ2v) is 3.57. The van der Waals surface area contributed by atoms with Crippen LogP contribution in [0.4, 0.5) is 0 Å². The molecule has 0 fully saturated rings. The Balaban J connectivity index is 1.96. The van der Waals surface area contributed by atoms with Gasteiger partial charge in [0, 0.05) is 32.4 Å². The molecular weight excluding hydrogens is 190 g/mol. The first kappa shape index (κ1) is 12.2. The van der Waals surface area contributed by atoms with Crippen LogP contribution >= 0.6 is 0 Å². The third kappa shape index (κ3) is 4.95. The van der Waals surface area contributed by atoms with E-state index in [-0.39, 0.29) is 0 Å². The van der Waals surface area contributed by atoms with Gasteiger partial charge in [0.15, 0.2) is 0 Å². The Bertz CT molecular complexity index is 260. The van der Waals surface area contributed by atoms with E-state index in [9.17, 15) is 0 Å². The Morgan fingerprint density at radius 1 is 1.40 bits per heavy atom. The van der Waals surface area contributed by atoms with Crippen LogP contribution in [0, 0.1) is 0 Å². The lowest BCUT2D eigenvalue weighted by Gasteiger charge is -2.05. The van der Waals surface area contributed by atoms with Crippen LogP contribution in [0.1, 0.15) is 19.2 Å². The zero-order valence-corrected chi connectivity index (χ0v) is 9.70. The SMILES string of the molecule is CCCNCCOCCc1nccn1C. The number of hydrogen-bond acceptors (Lipinski definition) is 3. The molecule has 15 heavy (non-hydrogen) atoms. The number of aromatic nitrogens is 2. The first-order chi connectivity index (χ1) is 7.34. The van der Waals surface area contributed by atoms with Gasteiger partial charge in [0.1, 0.15) is 5.82 Å². The van der Waals surface area contributed by atoms with Gasteiger partial charge in [0.2, 0.25) is 0 Å². The monoisotopic (exact) mass is 211 g/mol. The second kappa shape index (κ2) is 7.43. The van der Waals surface area contributed by atoms with Crippen LogP contribution in [0.3, 0.4) is 0 Å². The number of aryl methyl sites for hydroxylation is 1. The maximum Gasteiger partial charge on any atom is 0.110 e. The molecule has 86 valence electrons. The molecule has 0 radical (unpaired) electrons. The van der Waals surface area contributed by atoms with Crippen LogP contribution in [0.5, 0.6) is 0 Å². The van der Waals surface area contributed by atoms with Gasteiger partial charge in [-0.15, -0.1) is 0 Å². The summed E-state index contributed by atoms with van der Waals surface area (Å²) in [4.78, 5) is 4.23. The van der Waals surface area contributed by atoms with Gasteiger partial charge in [-0.2, -0.15) is 0 Å². The molecule has 0 saturated carbocycles. The van der Waals surface area contributed by atoms with Crippen molar-refractivity contribution in [2.45, 2.75) is 19.8 Å². The topological polar surface area (TPSA) is 39.1 Å². The summed E-state index contributed by atoms with van der Waals surface area (Å²) in [7, 11) is 2.01. The average Bonchev–Trinajstić information content (AvgIpc) is 2.63. The van der Waals surface area contributed by atoms with Crippen LogP contribution in [0.2, 0.25) is 0 Å². The van der Waals surface area contributed by atoms with Gasteiger partial charge in [-0.1, -0.05) is 6.92 Å². The van der Waals surface area contributed by atoms with Crippen LogP contribution in [-0.2, 0) is 18.2 Å². The molecular formula is C11H21N3O. The molecule has 1 rings (SSSR count). The van der Waals surface area contributed by atoms with Gasteiger partial charge in [0.25, 0.3) is 0 Å². The molecule has 0 amide bonds. The third-order valence-electron chi connectivity index (χ3n) is 2.24. The van der Waals surface area contributed by atoms with E-state index >= 15 is 0 Å². The fraction of sp³-hybridized carbons (Fsp3) is 0.727. The van der Waals surface area contributed by atoms with Crippen molar-refractivity contribution in [1.82, 2.24) is 14.9 Å². The highest BCUT2D eigenvalue weighted by Gasteiger charge is 1.97. The van der Waals surface area contributed by atoms with E-state index in [2.05, 4.69) is 17.2 Å². The number of rotatable bonds is 8. The molecule has 0 aromatic carbocycles. The van der Waals surface area contributed by atoms with Crippen molar-refractivity contribution in [3.05, 3.63) is 18.2 Å². The fourth-order valence-corrected chi connectivity index (χ4v) is 1.35. The highest BCUT2D eigenvalue weighted by molar-refractivity contribution is 4.90. The molecule has 4 nitrogen and oxygen atoms in total. The highest BCUT2D eigenvalue weighted by atomic mass is 16.5. The molecule has 0 saturated heterocycles. The minimum atomic E-state index is 0.749. The van der Waals surface area contributed by atoms with Gasteiger partial charge >= 0.3 is 0 Å². The first-order valence-electron chi connectivity index (χ1n) is 5.59. The van der Waals surface area contributed by atoms with E-state index in [1.165, 1.54) is 6.42 Å². The summed E-state index contributed by atoms with van der Waals surface area (Å²) in [5.41, 5.74) is 0. The van der Waals surface area contributed by atoms with E-state index in [4.69, 9.17) is 4.74 Å². The summed E-state index contributed by atoms with van der Waals surface area (Å²) in [6, 6.07) is 0. The minimum Gasteiger partial charge on any atom is -0.380 e. The van der Waals surface area contributed by atoms with Crippen molar-refractivity contribution >= 4 is 0 Å². The van der Waals surface area contributed by atoms with Crippen LogP contribution in [-0.4, -0.2) is 35.9 Å². The number of ether oxygens (including phenoxy) is 1. The van der Waals surface area contributed by atoms with E-state index in [0.29, 0.717) is 0 Å². The van der Waals surface area contributed by atoms with E-state index < -0.39 is 0 Å². The van der Waals surface area contributed by atoms with E-state index in [1.807, 2.05) is 24.0 Å². The molecule has 0 aliphatic heterocycles. The predicted octanol–water partition coefficient (Wildman–Crippen LogP) is 0.979.